The van der Waals surface area contributed by atoms with Crippen LogP contribution in [0.1, 0.15) is 12.7 Å². The number of hydrogen-bond acceptors (Lipinski definition) is 3. The summed E-state index contributed by atoms with van der Waals surface area (Å²) in [5.74, 6) is 0.678. The van der Waals surface area contributed by atoms with Gasteiger partial charge in [0.25, 0.3) is 10.0 Å². The molecule has 0 saturated carbocycles. The van der Waals surface area contributed by atoms with Gasteiger partial charge >= 0.3 is 0 Å². The van der Waals surface area contributed by atoms with E-state index in [0.717, 1.165) is 4.47 Å². The molecule has 0 saturated heterocycles. The fraction of sp³-hybridized carbons (Fsp3) is 0.250. The number of imidazole rings is 1. The van der Waals surface area contributed by atoms with Gasteiger partial charge < -0.3 is 4.57 Å². The normalized spacial score (nSPS) is 11.5. The Morgan fingerprint density at radius 1 is 1.42 bits per heavy atom. The topological polar surface area (TPSA) is 64.0 Å². The molecule has 1 aromatic carbocycles. The molecule has 0 aliphatic rings. The zero-order valence-corrected chi connectivity index (χ0v) is 13.0. The molecular weight excluding hydrogens is 330 g/mol. The van der Waals surface area contributed by atoms with Gasteiger partial charge in [-0.15, -0.1) is 0 Å². The van der Waals surface area contributed by atoms with E-state index in [-0.39, 0.29) is 5.03 Å². The van der Waals surface area contributed by atoms with Gasteiger partial charge in [-0.25, -0.2) is 4.98 Å². The van der Waals surface area contributed by atoms with Crippen molar-refractivity contribution in [2.24, 2.45) is 0 Å². The molecule has 0 unspecified atom stereocenters. The number of aryl methyl sites for hydroxylation is 2. The van der Waals surface area contributed by atoms with E-state index in [1.54, 1.807) is 29.7 Å². The van der Waals surface area contributed by atoms with Crippen molar-refractivity contribution in [3.05, 3.63) is 40.8 Å². The molecule has 7 heteroatoms. The van der Waals surface area contributed by atoms with E-state index < -0.39 is 10.0 Å². The molecule has 102 valence electrons. The maximum Gasteiger partial charge on any atom is 0.280 e. The fourth-order valence-electron chi connectivity index (χ4n) is 1.69. The van der Waals surface area contributed by atoms with Gasteiger partial charge in [-0.1, -0.05) is 22.0 Å². The monoisotopic (exact) mass is 343 g/mol. The minimum absolute atomic E-state index is 0.0341. The van der Waals surface area contributed by atoms with Crippen LogP contribution in [0.15, 0.2) is 40.0 Å². The summed E-state index contributed by atoms with van der Waals surface area (Å²) in [6, 6.07) is 6.97. The Hall–Kier alpha value is -1.34. The first-order valence-corrected chi connectivity index (χ1v) is 8.02. The summed E-state index contributed by atoms with van der Waals surface area (Å²) in [5.41, 5.74) is 0.498. The zero-order valence-electron chi connectivity index (χ0n) is 10.6. The van der Waals surface area contributed by atoms with Gasteiger partial charge in [0, 0.05) is 22.9 Å². The Morgan fingerprint density at radius 3 is 2.74 bits per heavy atom. The highest BCUT2D eigenvalue weighted by molar-refractivity contribution is 9.10. The zero-order chi connectivity index (χ0) is 14.0. The lowest BCUT2D eigenvalue weighted by Gasteiger charge is -2.05. The van der Waals surface area contributed by atoms with E-state index in [9.17, 15) is 8.42 Å². The quantitative estimate of drug-likeness (QED) is 0.928. The van der Waals surface area contributed by atoms with Crippen LogP contribution in [0, 0.1) is 6.92 Å². The van der Waals surface area contributed by atoms with Crippen LogP contribution in [0.2, 0.25) is 0 Å². The van der Waals surface area contributed by atoms with Crippen molar-refractivity contribution in [2.45, 2.75) is 25.4 Å². The SMILES string of the molecule is CCn1cc(S(=O)(=O)Nc2cccc(Br)c2)nc1C. The molecule has 0 spiro atoms. The first-order chi connectivity index (χ1) is 8.92. The Balaban J connectivity index is 2.32. The van der Waals surface area contributed by atoms with Gasteiger partial charge in [-0.3, -0.25) is 4.72 Å². The van der Waals surface area contributed by atoms with E-state index in [4.69, 9.17) is 0 Å². The second-order valence-electron chi connectivity index (χ2n) is 4.03. The minimum atomic E-state index is -3.64. The molecule has 0 amide bonds. The van der Waals surface area contributed by atoms with Crippen molar-refractivity contribution in [2.75, 3.05) is 4.72 Å². The van der Waals surface area contributed by atoms with Gasteiger partial charge in [0.2, 0.25) is 0 Å². The largest absolute Gasteiger partial charge is 0.334 e. The Morgan fingerprint density at radius 2 is 2.16 bits per heavy atom. The van der Waals surface area contributed by atoms with Crippen LogP contribution < -0.4 is 4.72 Å². The molecule has 0 fully saturated rings. The van der Waals surface area contributed by atoms with Crippen LogP contribution >= 0.6 is 15.9 Å². The number of hydrogen-bond donors (Lipinski definition) is 1. The highest BCUT2D eigenvalue weighted by Gasteiger charge is 2.19. The third kappa shape index (κ3) is 3.16. The second-order valence-corrected chi connectivity index (χ2v) is 6.57. The maximum absolute atomic E-state index is 12.2. The van der Waals surface area contributed by atoms with Crippen molar-refractivity contribution >= 4 is 31.6 Å². The number of rotatable bonds is 4. The number of nitrogens with one attached hydrogen (secondary N) is 1. The van der Waals surface area contributed by atoms with E-state index in [1.807, 2.05) is 13.0 Å². The number of anilines is 1. The molecular formula is C12H14BrN3O2S. The second kappa shape index (κ2) is 5.34. The number of aromatic nitrogens is 2. The van der Waals surface area contributed by atoms with Crippen LogP contribution in [0.4, 0.5) is 5.69 Å². The van der Waals surface area contributed by atoms with Crippen molar-refractivity contribution in [3.63, 3.8) is 0 Å². The number of halogens is 1. The Kier molecular flexibility index (Phi) is 3.96. The third-order valence-electron chi connectivity index (χ3n) is 2.65. The summed E-state index contributed by atoms with van der Waals surface area (Å²) >= 11 is 3.30. The Labute approximate surface area is 120 Å². The molecule has 0 aliphatic heterocycles. The van der Waals surface area contributed by atoms with Gasteiger partial charge in [0.15, 0.2) is 5.03 Å². The van der Waals surface area contributed by atoms with Crippen molar-refractivity contribution in [1.29, 1.82) is 0 Å². The summed E-state index contributed by atoms with van der Waals surface area (Å²) in [5, 5.41) is 0.0341. The molecule has 2 rings (SSSR count). The molecule has 0 radical (unpaired) electrons. The molecule has 1 heterocycles. The molecule has 19 heavy (non-hydrogen) atoms. The minimum Gasteiger partial charge on any atom is -0.334 e. The average molecular weight is 344 g/mol. The van der Waals surface area contributed by atoms with Gasteiger partial charge in [0.05, 0.1) is 0 Å². The summed E-state index contributed by atoms with van der Waals surface area (Å²) < 4.78 is 29.5. The number of benzene rings is 1. The molecule has 1 N–H and O–H groups in total. The molecule has 0 bridgehead atoms. The summed E-state index contributed by atoms with van der Waals surface area (Å²) in [6.45, 7) is 4.40. The third-order valence-corrected chi connectivity index (χ3v) is 4.39. The van der Waals surface area contributed by atoms with Gasteiger partial charge in [0.1, 0.15) is 5.82 Å². The summed E-state index contributed by atoms with van der Waals surface area (Å²) in [6.07, 6.45) is 1.54. The van der Waals surface area contributed by atoms with Crippen LogP contribution in [0.3, 0.4) is 0 Å². The van der Waals surface area contributed by atoms with E-state index in [1.165, 1.54) is 6.20 Å². The van der Waals surface area contributed by atoms with Crippen molar-refractivity contribution in [3.8, 4) is 0 Å². The molecule has 0 atom stereocenters. The Bertz CT molecular complexity index is 695. The first-order valence-electron chi connectivity index (χ1n) is 5.74. The van der Waals surface area contributed by atoms with Crippen LogP contribution in [-0.4, -0.2) is 18.0 Å². The number of nitrogens with zero attached hydrogens (tertiary/aromatic N) is 2. The first kappa shape index (κ1) is 14.1. The van der Waals surface area contributed by atoms with E-state index in [0.29, 0.717) is 18.1 Å². The smallest absolute Gasteiger partial charge is 0.280 e. The van der Waals surface area contributed by atoms with Crippen molar-refractivity contribution < 1.29 is 8.42 Å². The lowest BCUT2D eigenvalue weighted by atomic mass is 10.3. The summed E-state index contributed by atoms with van der Waals surface area (Å²) in [7, 11) is -3.64. The van der Waals surface area contributed by atoms with E-state index >= 15 is 0 Å². The molecule has 5 nitrogen and oxygen atoms in total. The average Bonchev–Trinajstić information content (AvgIpc) is 2.71. The number of sulfonamides is 1. The van der Waals surface area contributed by atoms with Crippen LogP contribution in [0.5, 0.6) is 0 Å². The highest BCUT2D eigenvalue weighted by atomic mass is 79.9. The lowest BCUT2D eigenvalue weighted by Crippen LogP contribution is -2.13. The van der Waals surface area contributed by atoms with Crippen LogP contribution in [0.25, 0.3) is 0 Å². The van der Waals surface area contributed by atoms with Crippen molar-refractivity contribution in [1.82, 2.24) is 9.55 Å². The van der Waals surface area contributed by atoms with E-state index in [2.05, 4.69) is 25.6 Å². The summed E-state index contributed by atoms with van der Waals surface area (Å²) in [4.78, 5) is 4.07. The maximum atomic E-state index is 12.2. The molecule has 0 aliphatic carbocycles. The molecule has 1 aromatic heterocycles. The standard InChI is InChI=1S/C12H14BrN3O2S/c1-3-16-8-12(14-9(16)2)19(17,18)15-11-6-4-5-10(13)7-11/h4-8,15H,3H2,1-2H3. The lowest BCUT2D eigenvalue weighted by molar-refractivity contribution is 0.598. The predicted octanol–water partition coefficient (Wildman–Crippen LogP) is 2.77. The predicted molar refractivity (Wildman–Crippen MR) is 77.6 cm³/mol. The highest BCUT2D eigenvalue weighted by Crippen LogP contribution is 2.19. The van der Waals surface area contributed by atoms with Gasteiger partial charge in [-0.05, 0) is 32.0 Å². The van der Waals surface area contributed by atoms with Crippen LogP contribution in [-0.2, 0) is 16.6 Å². The van der Waals surface area contributed by atoms with Gasteiger partial charge in [-0.2, -0.15) is 8.42 Å². The fourth-order valence-corrected chi connectivity index (χ4v) is 3.15. The molecule has 2 aromatic rings.